The molecule has 0 saturated carbocycles. The maximum Gasteiger partial charge on any atom is 0.256 e. The Morgan fingerprint density at radius 2 is 1.88 bits per heavy atom. The molecule has 1 saturated heterocycles. The number of allylic oxidation sites excluding steroid dienone is 1. The number of nitrogens with one attached hydrogen (secondary N) is 1. The number of benzene rings is 2. The van der Waals surface area contributed by atoms with Crippen LogP contribution < -0.4 is 5.32 Å². The minimum atomic E-state index is -0.177. The number of carbonyl (C=O) groups excluding carboxylic acids is 2. The van der Waals surface area contributed by atoms with Crippen LogP contribution >= 0.6 is 11.6 Å². The second-order valence-corrected chi connectivity index (χ2v) is 9.27. The van der Waals surface area contributed by atoms with E-state index in [0.29, 0.717) is 27.7 Å². The van der Waals surface area contributed by atoms with Gasteiger partial charge in [0, 0.05) is 52.6 Å². The largest absolute Gasteiger partial charge is 0.456 e. The third-order valence-electron chi connectivity index (χ3n) is 6.48. The summed E-state index contributed by atoms with van der Waals surface area (Å²) in [5.74, 6) is 1.10. The molecule has 1 aromatic heterocycles. The van der Waals surface area contributed by atoms with Crippen LogP contribution in [0.25, 0.3) is 22.5 Å². The number of fused-ring (bicyclic) bond motifs is 1. The maximum atomic E-state index is 13.1. The molecule has 1 N–H and O–H groups in total. The monoisotopic (exact) mass is 475 g/mol. The molecule has 3 heterocycles. The van der Waals surface area contributed by atoms with Crippen molar-refractivity contribution >= 4 is 40.2 Å². The van der Waals surface area contributed by atoms with E-state index in [1.165, 1.54) is 0 Å². The molecule has 34 heavy (non-hydrogen) atoms. The second-order valence-electron chi connectivity index (χ2n) is 8.84. The zero-order chi connectivity index (χ0) is 23.8. The number of nitrogens with zero attached hydrogens (tertiary/aromatic N) is 2. The predicted octanol–water partition coefficient (Wildman–Crippen LogP) is 5.26. The van der Waals surface area contributed by atoms with Gasteiger partial charge in [-0.25, -0.2) is 0 Å². The van der Waals surface area contributed by atoms with Crippen LogP contribution in [0, 0.1) is 0 Å². The predicted molar refractivity (Wildman–Crippen MR) is 135 cm³/mol. The van der Waals surface area contributed by atoms with E-state index in [4.69, 9.17) is 16.0 Å². The van der Waals surface area contributed by atoms with Crippen molar-refractivity contribution in [1.82, 2.24) is 9.80 Å². The van der Waals surface area contributed by atoms with Crippen LogP contribution in [0.2, 0.25) is 5.02 Å². The van der Waals surface area contributed by atoms with Crippen LogP contribution in [0.1, 0.15) is 35.0 Å². The molecular weight excluding hydrogens is 450 g/mol. The first-order chi connectivity index (χ1) is 16.4. The van der Waals surface area contributed by atoms with Crippen molar-refractivity contribution in [2.24, 2.45) is 0 Å². The maximum absolute atomic E-state index is 13.1. The van der Waals surface area contributed by atoms with E-state index in [-0.39, 0.29) is 11.8 Å². The van der Waals surface area contributed by atoms with Gasteiger partial charge in [0.1, 0.15) is 11.5 Å². The Hall–Kier alpha value is -3.35. The third-order valence-corrected chi connectivity index (χ3v) is 6.71. The molecule has 3 aromatic rings. The SMILES string of the molecule is C/C(=C1/C(=O)Nc2ccc(Cl)cc21)c1ccc(-c2cccc(C(=O)N3CCCN(C)CC3)c2)o1. The van der Waals surface area contributed by atoms with Crippen molar-refractivity contribution in [2.45, 2.75) is 13.3 Å². The lowest BCUT2D eigenvalue weighted by Gasteiger charge is -2.20. The zero-order valence-electron chi connectivity index (χ0n) is 19.2. The molecule has 0 aliphatic carbocycles. The van der Waals surface area contributed by atoms with Gasteiger partial charge in [-0.3, -0.25) is 9.59 Å². The number of carbonyl (C=O) groups is 2. The first-order valence-electron chi connectivity index (χ1n) is 11.4. The Bertz CT molecular complexity index is 1310. The van der Waals surface area contributed by atoms with Crippen LogP contribution in [0.3, 0.4) is 0 Å². The molecule has 0 bridgehead atoms. The van der Waals surface area contributed by atoms with Crippen molar-refractivity contribution < 1.29 is 14.0 Å². The Morgan fingerprint density at radius 1 is 1.03 bits per heavy atom. The summed E-state index contributed by atoms with van der Waals surface area (Å²) in [6.45, 7) is 5.23. The quantitative estimate of drug-likeness (QED) is 0.525. The molecule has 5 rings (SSSR count). The fourth-order valence-corrected chi connectivity index (χ4v) is 4.74. The number of anilines is 1. The average molecular weight is 476 g/mol. The Balaban J connectivity index is 1.43. The van der Waals surface area contributed by atoms with Crippen molar-refractivity contribution in [1.29, 1.82) is 0 Å². The number of hydrogen-bond donors (Lipinski definition) is 1. The van der Waals surface area contributed by atoms with Gasteiger partial charge >= 0.3 is 0 Å². The van der Waals surface area contributed by atoms with Gasteiger partial charge in [0.15, 0.2) is 0 Å². The highest BCUT2D eigenvalue weighted by atomic mass is 35.5. The molecule has 174 valence electrons. The summed E-state index contributed by atoms with van der Waals surface area (Å²) in [5, 5.41) is 3.45. The van der Waals surface area contributed by atoms with Gasteiger partial charge in [-0.2, -0.15) is 0 Å². The van der Waals surface area contributed by atoms with Crippen molar-refractivity contribution in [3.05, 3.63) is 76.5 Å². The van der Waals surface area contributed by atoms with Crippen LogP contribution in [-0.4, -0.2) is 54.8 Å². The molecule has 0 atom stereocenters. The van der Waals surface area contributed by atoms with Crippen LogP contribution in [0.15, 0.2) is 59.0 Å². The van der Waals surface area contributed by atoms with E-state index in [1.54, 1.807) is 18.2 Å². The smallest absolute Gasteiger partial charge is 0.256 e. The molecule has 7 heteroatoms. The highest BCUT2D eigenvalue weighted by Gasteiger charge is 2.28. The lowest BCUT2D eigenvalue weighted by atomic mass is 10.0. The summed E-state index contributed by atoms with van der Waals surface area (Å²) < 4.78 is 6.15. The average Bonchev–Trinajstić information content (AvgIpc) is 3.38. The number of rotatable bonds is 3. The Kier molecular flexibility index (Phi) is 6.02. The minimum Gasteiger partial charge on any atom is -0.456 e. The molecule has 0 unspecified atom stereocenters. The van der Waals surface area contributed by atoms with E-state index in [0.717, 1.165) is 55.0 Å². The van der Waals surface area contributed by atoms with E-state index < -0.39 is 0 Å². The lowest BCUT2D eigenvalue weighted by Crippen LogP contribution is -2.34. The first-order valence-corrected chi connectivity index (χ1v) is 11.8. The number of likely N-dealkylation sites (N-methyl/N-ethyl adjacent to an activating group) is 1. The lowest BCUT2D eigenvalue weighted by molar-refractivity contribution is -0.110. The van der Waals surface area contributed by atoms with Crippen LogP contribution in [-0.2, 0) is 4.79 Å². The summed E-state index contributed by atoms with van der Waals surface area (Å²) in [6, 6.07) is 16.6. The zero-order valence-corrected chi connectivity index (χ0v) is 20.0. The molecule has 6 nitrogen and oxygen atoms in total. The number of amides is 2. The first kappa shape index (κ1) is 22.4. The van der Waals surface area contributed by atoms with Crippen LogP contribution in [0.5, 0.6) is 0 Å². The van der Waals surface area contributed by atoms with E-state index >= 15 is 0 Å². The molecule has 1 fully saturated rings. The summed E-state index contributed by atoms with van der Waals surface area (Å²) in [4.78, 5) is 29.9. The highest BCUT2D eigenvalue weighted by molar-refractivity contribution is 6.38. The van der Waals surface area contributed by atoms with Gasteiger partial charge in [0.2, 0.25) is 0 Å². The van der Waals surface area contributed by atoms with Gasteiger partial charge in [0.25, 0.3) is 11.8 Å². The fraction of sp³-hybridized carbons (Fsp3) is 0.259. The van der Waals surface area contributed by atoms with E-state index in [9.17, 15) is 9.59 Å². The van der Waals surface area contributed by atoms with Gasteiger partial charge in [-0.1, -0.05) is 23.7 Å². The molecule has 2 amide bonds. The molecule has 2 aliphatic heterocycles. The van der Waals surface area contributed by atoms with Crippen molar-refractivity contribution in [3.8, 4) is 11.3 Å². The summed E-state index contributed by atoms with van der Waals surface area (Å²) >= 11 is 6.17. The van der Waals surface area contributed by atoms with E-state index in [2.05, 4.69) is 17.3 Å². The fourth-order valence-electron chi connectivity index (χ4n) is 4.57. The highest BCUT2D eigenvalue weighted by Crippen LogP contribution is 2.39. The van der Waals surface area contributed by atoms with Crippen molar-refractivity contribution in [2.75, 3.05) is 38.5 Å². The Morgan fingerprint density at radius 3 is 2.74 bits per heavy atom. The third kappa shape index (κ3) is 4.27. The molecule has 0 spiro atoms. The van der Waals surface area contributed by atoms with Gasteiger partial charge in [-0.15, -0.1) is 0 Å². The number of halogens is 1. The number of hydrogen-bond acceptors (Lipinski definition) is 4. The van der Waals surface area contributed by atoms with Gasteiger partial charge in [-0.05, 0) is 69.4 Å². The Labute approximate surface area is 203 Å². The number of furan rings is 1. The minimum absolute atomic E-state index is 0.0401. The van der Waals surface area contributed by atoms with Crippen molar-refractivity contribution in [3.63, 3.8) is 0 Å². The normalized spacial score (nSPS) is 17.9. The topological polar surface area (TPSA) is 65.8 Å². The molecule has 0 radical (unpaired) electrons. The summed E-state index contributed by atoms with van der Waals surface area (Å²) in [7, 11) is 2.09. The standard InChI is InChI=1S/C27H26ClN3O3/c1-17(25-21-16-20(28)7-8-22(21)29-26(25)32)23-9-10-24(34-23)18-5-3-6-19(15-18)27(33)31-12-4-11-30(2)13-14-31/h3,5-10,15-16H,4,11-14H2,1-2H3,(H,29,32)/b25-17-. The molecule has 2 aliphatic rings. The second kappa shape index (κ2) is 9.12. The molecular formula is C27H26ClN3O3. The van der Waals surface area contributed by atoms with Gasteiger partial charge in [0.05, 0.1) is 5.57 Å². The van der Waals surface area contributed by atoms with E-state index in [1.807, 2.05) is 48.2 Å². The summed E-state index contributed by atoms with van der Waals surface area (Å²) in [5.41, 5.74) is 4.25. The molecule has 2 aromatic carbocycles. The van der Waals surface area contributed by atoms with Gasteiger partial charge < -0.3 is 19.5 Å². The van der Waals surface area contributed by atoms with Crippen LogP contribution in [0.4, 0.5) is 5.69 Å². The summed E-state index contributed by atoms with van der Waals surface area (Å²) in [6.07, 6.45) is 0.972.